The summed E-state index contributed by atoms with van der Waals surface area (Å²) in [5.41, 5.74) is 6.58. The van der Waals surface area contributed by atoms with Crippen LogP contribution in [0.4, 0.5) is 0 Å². The molecule has 1 aromatic rings. The molecule has 1 aliphatic rings. The van der Waals surface area contributed by atoms with Crippen LogP contribution in [-0.4, -0.2) is 26.0 Å². The third-order valence-electron chi connectivity index (χ3n) is 3.78. The Labute approximate surface area is 129 Å². The first kappa shape index (κ1) is 16.3. The first-order valence-electron chi connectivity index (χ1n) is 6.80. The molecular weight excluding hydrogens is 312 g/mol. The van der Waals surface area contributed by atoms with Crippen molar-refractivity contribution in [2.75, 3.05) is 6.26 Å². The lowest BCUT2D eigenvalue weighted by molar-refractivity contribution is 0.420. The van der Waals surface area contributed by atoms with E-state index in [1.807, 2.05) is 18.7 Å². The van der Waals surface area contributed by atoms with Crippen LogP contribution in [0.1, 0.15) is 36.1 Å². The molecule has 0 aromatic carbocycles. The maximum atomic E-state index is 12.4. The molecule has 0 unspecified atom stereocenters. The molecule has 0 saturated heterocycles. The van der Waals surface area contributed by atoms with Crippen molar-refractivity contribution in [2.24, 2.45) is 5.73 Å². The van der Waals surface area contributed by atoms with Crippen molar-refractivity contribution in [2.45, 2.75) is 54.7 Å². The molecule has 20 heavy (non-hydrogen) atoms. The summed E-state index contributed by atoms with van der Waals surface area (Å²) < 4.78 is 28.0. The highest BCUT2D eigenvalue weighted by Gasteiger charge is 2.26. The topological polar surface area (TPSA) is 72.2 Å². The van der Waals surface area contributed by atoms with E-state index < -0.39 is 10.0 Å². The maximum absolute atomic E-state index is 12.4. The first-order valence-corrected chi connectivity index (χ1v) is 10.4. The van der Waals surface area contributed by atoms with Crippen LogP contribution >= 0.6 is 23.1 Å². The molecule has 1 heterocycles. The standard InChI is InChI=1S/C13H22N2O2S3/c1-9-7-13(19-12(9)8-14)20(16,17)15-10-3-5-11(18-2)6-4-10/h7,10-11,15H,3-6,8,14H2,1-2H3. The van der Waals surface area contributed by atoms with Gasteiger partial charge >= 0.3 is 0 Å². The molecular formula is C13H22N2O2S3. The summed E-state index contributed by atoms with van der Waals surface area (Å²) in [5, 5.41) is 0.684. The molecule has 114 valence electrons. The zero-order chi connectivity index (χ0) is 14.8. The molecule has 4 nitrogen and oxygen atoms in total. The predicted octanol–water partition coefficient (Wildman–Crippen LogP) is 2.47. The van der Waals surface area contributed by atoms with Gasteiger partial charge in [-0.25, -0.2) is 13.1 Å². The summed E-state index contributed by atoms with van der Waals surface area (Å²) in [5.74, 6) is 0. The number of thiophene rings is 1. The molecule has 0 aliphatic heterocycles. The molecule has 1 fully saturated rings. The first-order chi connectivity index (χ1) is 9.46. The number of hydrogen-bond donors (Lipinski definition) is 2. The van der Waals surface area contributed by atoms with Crippen molar-refractivity contribution >= 4 is 33.1 Å². The van der Waals surface area contributed by atoms with Gasteiger partial charge in [-0.3, -0.25) is 0 Å². The summed E-state index contributed by atoms with van der Waals surface area (Å²) in [6.45, 7) is 2.30. The van der Waals surface area contributed by atoms with E-state index >= 15 is 0 Å². The maximum Gasteiger partial charge on any atom is 0.250 e. The van der Waals surface area contributed by atoms with Gasteiger partial charge in [0.05, 0.1) is 0 Å². The fourth-order valence-corrected chi connectivity index (χ4v) is 6.05. The van der Waals surface area contributed by atoms with Crippen molar-refractivity contribution in [1.82, 2.24) is 4.72 Å². The minimum atomic E-state index is -3.39. The summed E-state index contributed by atoms with van der Waals surface area (Å²) in [7, 11) is -3.39. The Balaban J connectivity index is 2.04. The van der Waals surface area contributed by atoms with E-state index in [9.17, 15) is 8.42 Å². The molecule has 0 atom stereocenters. The van der Waals surface area contributed by atoms with Gasteiger partial charge in [0.1, 0.15) is 4.21 Å². The number of aryl methyl sites for hydroxylation is 1. The molecule has 0 radical (unpaired) electrons. The van der Waals surface area contributed by atoms with Crippen molar-refractivity contribution in [1.29, 1.82) is 0 Å². The van der Waals surface area contributed by atoms with Crippen molar-refractivity contribution in [3.63, 3.8) is 0 Å². The van der Waals surface area contributed by atoms with Gasteiger partial charge in [0.2, 0.25) is 10.0 Å². The van der Waals surface area contributed by atoms with Gasteiger partial charge in [0.15, 0.2) is 0 Å². The quantitative estimate of drug-likeness (QED) is 0.867. The van der Waals surface area contributed by atoms with Crippen LogP contribution in [0.3, 0.4) is 0 Å². The zero-order valence-corrected chi connectivity index (χ0v) is 14.3. The lowest BCUT2D eigenvalue weighted by Crippen LogP contribution is -2.37. The second kappa shape index (κ2) is 6.79. The molecule has 0 spiro atoms. The summed E-state index contributed by atoms with van der Waals surface area (Å²) in [4.78, 5) is 0.941. The highest BCUT2D eigenvalue weighted by atomic mass is 32.2. The van der Waals surface area contributed by atoms with E-state index in [1.165, 1.54) is 11.3 Å². The number of nitrogens with two attached hydrogens (primary N) is 1. The van der Waals surface area contributed by atoms with Gasteiger partial charge in [0.25, 0.3) is 0 Å². The molecule has 0 bridgehead atoms. The van der Waals surface area contributed by atoms with E-state index in [1.54, 1.807) is 6.07 Å². The van der Waals surface area contributed by atoms with Crippen molar-refractivity contribution in [3.05, 3.63) is 16.5 Å². The van der Waals surface area contributed by atoms with E-state index in [4.69, 9.17) is 5.73 Å². The van der Waals surface area contributed by atoms with Gasteiger partial charge in [-0.05, 0) is 50.5 Å². The third-order valence-corrected chi connectivity index (χ3v) is 8.17. The van der Waals surface area contributed by atoms with Crippen LogP contribution in [0.15, 0.2) is 10.3 Å². The van der Waals surface area contributed by atoms with Gasteiger partial charge in [-0.15, -0.1) is 11.3 Å². The van der Waals surface area contributed by atoms with Gasteiger partial charge < -0.3 is 5.73 Å². The number of rotatable bonds is 5. The Morgan fingerprint density at radius 3 is 2.55 bits per heavy atom. The normalized spacial score (nSPS) is 23.9. The smallest absolute Gasteiger partial charge is 0.250 e. The fraction of sp³-hybridized carbons (Fsp3) is 0.692. The van der Waals surface area contributed by atoms with E-state index in [0.717, 1.165) is 36.1 Å². The van der Waals surface area contributed by atoms with Crippen LogP contribution in [0.5, 0.6) is 0 Å². The highest BCUT2D eigenvalue weighted by Crippen LogP contribution is 2.29. The van der Waals surface area contributed by atoms with E-state index in [0.29, 0.717) is 16.0 Å². The Hall–Kier alpha value is -0.0800. The van der Waals surface area contributed by atoms with Crippen LogP contribution in [0.25, 0.3) is 0 Å². The number of thioether (sulfide) groups is 1. The summed E-state index contributed by atoms with van der Waals surface area (Å²) >= 11 is 3.16. The van der Waals surface area contributed by atoms with Crippen LogP contribution < -0.4 is 10.5 Å². The number of nitrogens with one attached hydrogen (secondary N) is 1. The van der Waals surface area contributed by atoms with Crippen LogP contribution in [-0.2, 0) is 16.6 Å². The van der Waals surface area contributed by atoms with Crippen LogP contribution in [0.2, 0.25) is 0 Å². The van der Waals surface area contributed by atoms with Gasteiger partial charge in [-0.1, -0.05) is 0 Å². The number of sulfonamides is 1. The van der Waals surface area contributed by atoms with Gasteiger partial charge in [0, 0.05) is 22.7 Å². The fourth-order valence-electron chi connectivity index (χ4n) is 2.52. The lowest BCUT2D eigenvalue weighted by Gasteiger charge is -2.27. The Kier molecular flexibility index (Phi) is 5.53. The summed E-state index contributed by atoms with van der Waals surface area (Å²) in [6, 6.07) is 1.80. The molecule has 1 aliphatic carbocycles. The Bertz CT molecular complexity index is 546. The lowest BCUT2D eigenvalue weighted by atomic mass is 9.96. The molecule has 7 heteroatoms. The average Bonchev–Trinajstić information content (AvgIpc) is 2.81. The third kappa shape index (κ3) is 3.76. The second-order valence-electron chi connectivity index (χ2n) is 5.21. The van der Waals surface area contributed by atoms with Crippen molar-refractivity contribution in [3.8, 4) is 0 Å². The minimum Gasteiger partial charge on any atom is -0.326 e. The largest absolute Gasteiger partial charge is 0.326 e. The molecule has 3 N–H and O–H groups in total. The van der Waals surface area contributed by atoms with Gasteiger partial charge in [-0.2, -0.15) is 11.8 Å². The molecule has 2 rings (SSSR count). The minimum absolute atomic E-state index is 0.0760. The predicted molar refractivity (Wildman–Crippen MR) is 86.8 cm³/mol. The zero-order valence-electron chi connectivity index (χ0n) is 11.9. The molecule has 1 aromatic heterocycles. The summed E-state index contributed by atoms with van der Waals surface area (Å²) in [6.07, 6.45) is 6.16. The van der Waals surface area contributed by atoms with Crippen LogP contribution in [0, 0.1) is 6.92 Å². The molecule has 1 saturated carbocycles. The Morgan fingerprint density at radius 2 is 2.05 bits per heavy atom. The molecule has 0 amide bonds. The SMILES string of the molecule is CSC1CCC(NS(=O)(=O)c2cc(C)c(CN)s2)CC1. The number of hydrogen-bond acceptors (Lipinski definition) is 5. The van der Waals surface area contributed by atoms with E-state index in [2.05, 4.69) is 11.0 Å². The average molecular weight is 335 g/mol. The second-order valence-corrected chi connectivity index (χ2v) is 9.42. The monoisotopic (exact) mass is 334 g/mol. The van der Waals surface area contributed by atoms with E-state index in [-0.39, 0.29) is 6.04 Å². The van der Waals surface area contributed by atoms with Crippen molar-refractivity contribution < 1.29 is 8.42 Å². The Morgan fingerprint density at radius 1 is 1.40 bits per heavy atom. The highest BCUT2D eigenvalue weighted by molar-refractivity contribution is 7.99.